The molecule has 0 aliphatic rings. The van der Waals surface area contributed by atoms with Crippen molar-refractivity contribution in [1.82, 2.24) is 0 Å². The number of carbonyl (C=O) groups excluding carboxylic acids is 1. The van der Waals surface area contributed by atoms with Crippen molar-refractivity contribution in [3.05, 3.63) is 59.9 Å². The van der Waals surface area contributed by atoms with Crippen LogP contribution in [0.25, 0.3) is 11.0 Å². The highest BCUT2D eigenvalue weighted by atomic mass is 16.3. The largest absolute Gasteiger partial charge is 0.451 e. The molecule has 1 amide bonds. The lowest BCUT2D eigenvalue weighted by atomic mass is 10.1. The third-order valence-electron chi connectivity index (χ3n) is 3.69. The van der Waals surface area contributed by atoms with Gasteiger partial charge in [0.1, 0.15) is 5.58 Å². The summed E-state index contributed by atoms with van der Waals surface area (Å²) < 4.78 is 5.67. The van der Waals surface area contributed by atoms with Crippen LogP contribution < -0.4 is 10.2 Å². The van der Waals surface area contributed by atoms with Gasteiger partial charge in [-0.25, -0.2) is 0 Å². The summed E-state index contributed by atoms with van der Waals surface area (Å²) >= 11 is 0. The van der Waals surface area contributed by atoms with Crippen molar-refractivity contribution in [3.8, 4) is 0 Å². The van der Waals surface area contributed by atoms with E-state index < -0.39 is 0 Å². The number of amides is 1. The molecule has 22 heavy (non-hydrogen) atoms. The Kier molecular flexibility index (Phi) is 3.59. The third kappa shape index (κ3) is 2.55. The van der Waals surface area contributed by atoms with E-state index in [0.29, 0.717) is 5.76 Å². The molecule has 0 radical (unpaired) electrons. The number of aryl methyl sites for hydroxylation is 1. The van der Waals surface area contributed by atoms with Gasteiger partial charge < -0.3 is 14.6 Å². The molecule has 0 fully saturated rings. The molecule has 3 aromatic rings. The maximum absolute atomic E-state index is 12.4. The van der Waals surface area contributed by atoms with Crippen LogP contribution in [0.1, 0.15) is 16.1 Å². The Bertz CT molecular complexity index is 817. The number of hydrogen-bond donors (Lipinski definition) is 1. The molecular weight excluding hydrogens is 276 g/mol. The van der Waals surface area contributed by atoms with E-state index in [1.165, 1.54) is 0 Å². The predicted octanol–water partition coefficient (Wildman–Crippen LogP) is 4.06. The highest BCUT2D eigenvalue weighted by Gasteiger charge is 2.17. The number of nitrogens with zero attached hydrogens (tertiary/aromatic N) is 1. The Balaban J connectivity index is 1.85. The normalized spacial score (nSPS) is 10.7. The van der Waals surface area contributed by atoms with Gasteiger partial charge in [-0.1, -0.05) is 18.2 Å². The van der Waals surface area contributed by atoms with Gasteiger partial charge in [0, 0.05) is 36.4 Å². The van der Waals surface area contributed by atoms with Crippen LogP contribution in [0.3, 0.4) is 0 Å². The Morgan fingerprint density at radius 3 is 2.36 bits per heavy atom. The first-order chi connectivity index (χ1) is 10.6. The van der Waals surface area contributed by atoms with E-state index in [-0.39, 0.29) is 5.91 Å². The molecule has 0 unspecified atom stereocenters. The van der Waals surface area contributed by atoms with Crippen LogP contribution in [-0.2, 0) is 0 Å². The van der Waals surface area contributed by atoms with Gasteiger partial charge in [0.2, 0.25) is 0 Å². The average molecular weight is 294 g/mol. The Labute approximate surface area is 129 Å². The van der Waals surface area contributed by atoms with E-state index in [2.05, 4.69) is 5.32 Å². The van der Waals surface area contributed by atoms with Gasteiger partial charge in [0.25, 0.3) is 5.91 Å². The summed E-state index contributed by atoms with van der Waals surface area (Å²) in [6, 6.07) is 15.3. The van der Waals surface area contributed by atoms with Crippen LogP contribution in [0, 0.1) is 6.92 Å². The average Bonchev–Trinajstić information content (AvgIpc) is 2.85. The second-order valence-electron chi connectivity index (χ2n) is 5.45. The number of para-hydroxylation sites is 1. The van der Waals surface area contributed by atoms with E-state index in [1.54, 1.807) is 0 Å². The van der Waals surface area contributed by atoms with E-state index in [1.807, 2.05) is 74.4 Å². The summed E-state index contributed by atoms with van der Waals surface area (Å²) in [4.78, 5) is 14.4. The summed E-state index contributed by atoms with van der Waals surface area (Å²) in [5.74, 6) is 0.129. The molecule has 3 rings (SSSR count). The summed E-state index contributed by atoms with van der Waals surface area (Å²) in [5, 5.41) is 3.84. The molecule has 0 bridgehead atoms. The molecule has 0 atom stereocenters. The van der Waals surface area contributed by atoms with Gasteiger partial charge in [-0.15, -0.1) is 0 Å². The second-order valence-corrected chi connectivity index (χ2v) is 5.45. The Morgan fingerprint density at radius 1 is 1.05 bits per heavy atom. The second kappa shape index (κ2) is 5.56. The molecule has 112 valence electrons. The van der Waals surface area contributed by atoms with Gasteiger partial charge in [-0.2, -0.15) is 0 Å². The number of benzene rings is 2. The number of carbonyl (C=O) groups is 1. The number of anilines is 2. The number of rotatable bonds is 3. The Hall–Kier alpha value is -2.75. The van der Waals surface area contributed by atoms with Crippen molar-refractivity contribution in [1.29, 1.82) is 0 Å². The van der Waals surface area contributed by atoms with Gasteiger partial charge in [-0.3, -0.25) is 4.79 Å². The van der Waals surface area contributed by atoms with Gasteiger partial charge in [-0.05, 0) is 37.3 Å². The standard InChI is InChI=1S/C18H18N2O2/c1-12-15-6-4-5-7-16(15)22-17(12)18(21)19-13-8-10-14(11-9-13)20(2)3/h4-11H,1-3H3,(H,19,21). The van der Waals surface area contributed by atoms with Crippen molar-refractivity contribution in [2.45, 2.75) is 6.92 Å². The van der Waals surface area contributed by atoms with E-state index >= 15 is 0 Å². The molecule has 4 nitrogen and oxygen atoms in total. The van der Waals surface area contributed by atoms with Crippen LogP contribution in [0.15, 0.2) is 52.9 Å². The number of hydrogen-bond acceptors (Lipinski definition) is 3. The SMILES string of the molecule is Cc1c(C(=O)Nc2ccc(N(C)C)cc2)oc2ccccc12. The van der Waals surface area contributed by atoms with Crippen LogP contribution in [-0.4, -0.2) is 20.0 Å². The maximum Gasteiger partial charge on any atom is 0.291 e. The van der Waals surface area contributed by atoms with E-state index in [4.69, 9.17) is 4.42 Å². The molecule has 1 heterocycles. The fourth-order valence-corrected chi connectivity index (χ4v) is 2.42. The maximum atomic E-state index is 12.4. The summed E-state index contributed by atoms with van der Waals surface area (Å²) in [6.07, 6.45) is 0. The topological polar surface area (TPSA) is 45.5 Å². The minimum atomic E-state index is -0.230. The summed E-state index contributed by atoms with van der Waals surface area (Å²) in [6.45, 7) is 1.90. The zero-order valence-electron chi connectivity index (χ0n) is 12.9. The van der Waals surface area contributed by atoms with Crippen molar-refractivity contribution < 1.29 is 9.21 Å². The predicted molar refractivity (Wildman–Crippen MR) is 89.7 cm³/mol. The first-order valence-corrected chi connectivity index (χ1v) is 7.13. The zero-order chi connectivity index (χ0) is 15.7. The number of nitrogens with one attached hydrogen (secondary N) is 1. The highest BCUT2D eigenvalue weighted by Crippen LogP contribution is 2.26. The lowest BCUT2D eigenvalue weighted by Gasteiger charge is -2.12. The molecule has 0 spiro atoms. The fraction of sp³-hybridized carbons (Fsp3) is 0.167. The smallest absolute Gasteiger partial charge is 0.291 e. The summed E-state index contributed by atoms with van der Waals surface area (Å²) in [5.41, 5.74) is 3.42. The molecular formula is C18H18N2O2. The van der Waals surface area contributed by atoms with Gasteiger partial charge >= 0.3 is 0 Å². The Morgan fingerprint density at radius 2 is 1.73 bits per heavy atom. The van der Waals surface area contributed by atoms with Crippen LogP contribution in [0.5, 0.6) is 0 Å². The minimum absolute atomic E-state index is 0.230. The van der Waals surface area contributed by atoms with Crippen LogP contribution in [0.2, 0.25) is 0 Å². The molecule has 0 saturated carbocycles. The molecule has 1 N–H and O–H groups in total. The van der Waals surface area contributed by atoms with Crippen molar-refractivity contribution >= 4 is 28.3 Å². The monoisotopic (exact) mass is 294 g/mol. The van der Waals surface area contributed by atoms with Crippen molar-refractivity contribution in [3.63, 3.8) is 0 Å². The van der Waals surface area contributed by atoms with Crippen LogP contribution in [0.4, 0.5) is 11.4 Å². The zero-order valence-corrected chi connectivity index (χ0v) is 12.9. The first kappa shape index (κ1) is 14.2. The quantitative estimate of drug-likeness (QED) is 0.792. The highest BCUT2D eigenvalue weighted by molar-refractivity contribution is 6.06. The molecule has 1 aromatic heterocycles. The van der Waals surface area contributed by atoms with Gasteiger partial charge in [0.05, 0.1) is 0 Å². The molecule has 0 aliphatic heterocycles. The molecule has 0 saturated heterocycles. The van der Waals surface area contributed by atoms with Crippen molar-refractivity contribution in [2.24, 2.45) is 0 Å². The van der Waals surface area contributed by atoms with Gasteiger partial charge in [0.15, 0.2) is 5.76 Å². The van der Waals surface area contributed by atoms with E-state index in [9.17, 15) is 4.79 Å². The molecule has 4 heteroatoms. The minimum Gasteiger partial charge on any atom is -0.451 e. The molecule has 0 aliphatic carbocycles. The van der Waals surface area contributed by atoms with E-state index in [0.717, 1.165) is 27.9 Å². The van der Waals surface area contributed by atoms with Crippen molar-refractivity contribution in [2.75, 3.05) is 24.3 Å². The third-order valence-corrected chi connectivity index (χ3v) is 3.69. The lowest BCUT2D eigenvalue weighted by Crippen LogP contribution is -2.12. The van der Waals surface area contributed by atoms with Crippen LogP contribution >= 0.6 is 0 Å². The fourth-order valence-electron chi connectivity index (χ4n) is 2.42. The first-order valence-electron chi connectivity index (χ1n) is 7.13. The number of furan rings is 1. The lowest BCUT2D eigenvalue weighted by molar-refractivity contribution is 0.0998. The number of fused-ring (bicyclic) bond motifs is 1. The summed E-state index contributed by atoms with van der Waals surface area (Å²) in [7, 11) is 3.96. The molecule has 2 aromatic carbocycles.